The highest BCUT2D eigenvalue weighted by Gasteiger charge is 2.15. The molecule has 5 nitrogen and oxygen atoms in total. The van der Waals surface area contributed by atoms with E-state index in [4.69, 9.17) is 15.2 Å². The van der Waals surface area contributed by atoms with Crippen LogP contribution in [-0.2, 0) is 9.53 Å². The maximum atomic E-state index is 11.9. The van der Waals surface area contributed by atoms with Crippen molar-refractivity contribution in [2.45, 2.75) is 45.6 Å². The summed E-state index contributed by atoms with van der Waals surface area (Å²) in [5, 5.41) is 2.91. The van der Waals surface area contributed by atoms with Crippen molar-refractivity contribution in [3.8, 4) is 5.75 Å². The van der Waals surface area contributed by atoms with Gasteiger partial charge in [-0.15, -0.1) is 0 Å². The van der Waals surface area contributed by atoms with Crippen LogP contribution in [0.3, 0.4) is 0 Å². The van der Waals surface area contributed by atoms with Crippen LogP contribution in [0.15, 0.2) is 18.2 Å². The van der Waals surface area contributed by atoms with E-state index >= 15 is 0 Å². The average molecular weight is 320 g/mol. The molecule has 0 radical (unpaired) electrons. The molecule has 5 heteroatoms. The summed E-state index contributed by atoms with van der Waals surface area (Å²) in [6.07, 6.45) is 3.22. The quantitative estimate of drug-likeness (QED) is 0.810. The van der Waals surface area contributed by atoms with Crippen molar-refractivity contribution in [1.82, 2.24) is 0 Å². The number of rotatable bonds is 7. The van der Waals surface area contributed by atoms with Crippen LogP contribution in [-0.4, -0.2) is 31.8 Å². The van der Waals surface area contributed by atoms with Crippen LogP contribution < -0.4 is 15.8 Å². The maximum Gasteiger partial charge on any atom is 0.224 e. The van der Waals surface area contributed by atoms with E-state index in [2.05, 4.69) is 5.32 Å². The van der Waals surface area contributed by atoms with Crippen molar-refractivity contribution in [3.05, 3.63) is 23.8 Å². The molecule has 3 N–H and O–H groups in total. The first-order valence-corrected chi connectivity index (χ1v) is 8.41. The smallest absolute Gasteiger partial charge is 0.224 e. The Labute approximate surface area is 138 Å². The molecule has 1 heterocycles. The van der Waals surface area contributed by atoms with Crippen molar-refractivity contribution in [2.24, 2.45) is 11.7 Å². The van der Waals surface area contributed by atoms with Crippen molar-refractivity contribution >= 4 is 11.6 Å². The molecule has 1 amide bonds. The molecule has 128 valence electrons. The predicted octanol–water partition coefficient (Wildman–Crippen LogP) is 2.87. The Kier molecular flexibility index (Phi) is 6.86. The fourth-order valence-corrected chi connectivity index (χ4v) is 2.54. The topological polar surface area (TPSA) is 73.6 Å². The van der Waals surface area contributed by atoms with E-state index in [0.29, 0.717) is 25.4 Å². The summed E-state index contributed by atoms with van der Waals surface area (Å²) in [5.41, 5.74) is 7.52. The molecule has 1 saturated heterocycles. The molecule has 1 aliphatic rings. The number of hydrogen-bond acceptors (Lipinski definition) is 4. The molecule has 1 atom stereocenters. The number of ether oxygens (including phenoxy) is 2. The molecule has 1 fully saturated rings. The highest BCUT2D eigenvalue weighted by atomic mass is 16.5. The molecule has 1 aromatic carbocycles. The second-order valence-corrected chi connectivity index (χ2v) is 6.41. The molecule has 0 saturated carbocycles. The SMILES string of the molecule is Cc1ccc(NC(=O)CCC(C)N)cc1OCC1CCOCC1. The van der Waals surface area contributed by atoms with E-state index in [-0.39, 0.29) is 11.9 Å². The molecule has 23 heavy (non-hydrogen) atoms. The minimum atomic E-state index is -0.0125. The van der Waals surface area contributed by atoms with E-state index in [1.54, 1.807) is 0 Å². The van der Waals surface area contributed by atoms with Gasteiger partial charge < -0.3 is 20.5 Å². The van der Waals surface area contributed by atoms with E-state index in [9.17, 15) is 4.79 Å². The number of carbonyl (C=O) groups is 1. The van der Waals surface area contributed by atoms with Crippen molar-refractivity contribution < 1.29 is 14.3 Å². The van der Waals surface area contributed by atoms with Crippen molar-refractivity contribution in [3.63, 3.8) is 0 Å². The molecule has 0 bridgehead atoms. The zero-order chi connectivity index (χ0) is 16.7. The van der Waals surface area contributed by atoms with Crippen LogP contribution in [0.2, 0.25) is 0 Å². The molecule has 0 aromatic heterocycles. The van der Waals surface area contributed by atoms with Crippen molar-refractivity contribution in [1.29, 1.82) is 0 Å². The third-order valence-electron chi connectivity index (χ3n) is 4.11. The second-order valence-electron chi connectivity index (χ2n) is 6.41. The third kappa shape index (κ3) is 6.20. The summed E-state index contributed by atoms with van der Waals surface area (Å²) in [5.74, 6) is 1.37. The minimum absolute atomic E-state index is 0.0125. The van der Waals surface area contributed by atoms with Crippen LogP contribution in [0.25, 0.3) is 0 Å². The zero-order valence-electron chi connectivity index (χ0n) is 14.1. The van der Waals surface area contributed by atoms with Crippen LogP contribution >= 0.6 is 0 Å². The number of anilines is 1. The summed E-state index contributed by atoms with van der Waals surface area (Å²) in [7, 11) is 0. The van der Waals surface area contributed by atoms with E-state index in [1.165, 1.54) is 0 Å². The van der Waals surface area contributed by atoms with Crippen LogP contribution in [0.4, 0.5) is 5.69 Å². The van der Waals surface area contributed by atoms with Gasteiger partial charge in [-0.05, 0) is 50.7 Å². The second kappa shape index (κ2) is 8.89. The van der Waals surface area contributed by atoms with Crippen LogP contribution in [0, 0.1) is 12.8 Å². The molecule has 1 unspecified atom stereocenters. The van der Waals surface area contributed by atoms with Gasteiger partial charge in [0.1, 0.15) is 5.75 Å². The Morgan fingerprint density at radius 3 is 2.87 bits per heavy atom. The van der Waals surface area contributed by atoms with E-state index in [1.807, 2.05) is 32.0 Å². The highest BCUT2D eigenvalue weighted by molar-refractivity contribution is 5.90. The Morgan fingerprint density at radius 1 is 1.43 bits per heavy atom. The van der Waals surface area contributed by atoms with Gasteiger partial charge >= 0.3 is 0 Å². The largest absolute Gasteiger partial charge is 0.493 e. The number of hydrogen-bond donors (Lipinski definition) is 2. The molecular weight excluding hydrogens is 292 g/mol. The van der Waals surface area contributed by atoms with Gasteiger partial charge in [0.2, 0.25) is 5.91 Å². The van der Waals surface area contributed by atoms with Gasteiger partial charge in [0.05, 0.1) is 6.61 Å². The molecule has 0 spiro atoms. The Balaban J connectivity index is 1.88. The summed E-state index contributed by atoms with van der Waals surface area (Å²) >= 11 is 0. The van der Waals surface area contributed by atoms with Gasteiger partial charge in [0.15, 0.2) is 0 Å². The lowest BCUT2D eigenvalue weighted by molar-refractivity contribution is -0.116. The predicted molar refractivity (Wildman–Crippen MR) is 91.7 cm³/mol. The fraction of sp³-hybridized carbons (Fsp3) is 0.611. The number of aryl methyl sites for hydroxylation is 1. The first kappa shape index (κ1) is 17.8. The van der Waals surface area contributed by atoms with Gasteiger partial charge in [-0.25, -0.2) is 0 Å². The first-order valence-electron chi connectivity index (χ1n) is 8.41. The number of carbonyl (C=O) groups excluding carboxylic acids is 1. The number of benzene rings is 1. The lowest BCUT2D eigenvalue weighted by atomic mass is 10.0. The van der Waals surface area contributed by atoms with E-state index < -0.39 is 0 Å². The van der Waals surface area contributed by atoms with Crippen LogP contribution in [0.5, 0.6) is 5.75 Å². The van der Waals surface area contributed by atoms with Gasteiger partial charge in [-0.3, -0.25) is 4.79 Å². The third-order valence-corrected chi connectivity index (χ3v) is 4.11. The highest BCUT2D eigenvalue weighted by Crippen LogP contribution is 2.25. The lowest BCUT2D eigenvalue weighted by Crippen LogP contribution is -2.21. The first-order chi connectivity index (χ1) is 11.0. The summed E-state index contributed by atoms with van der Waals surface area (Å²) in [6.45, 7) is 6.26. The summed E-state index contributed by atoms with van der Waals surface area (Å²) in [4.78, 5) is 11.9. The number of nitrogens with two attached hydrogens (primary N) is 1. The zero-order valence-corrected chi connectivity index (χ0v) is 14.1. The standard InChI is InChI=1S/C18H28N2O3/c1-13-3-5-16(20-18(21)6-4-14(2)19)11-17(13)23-12-15-7-9-22-10-8-15/h3,5,11,14-15H,4,6-10,12,19H2,1-2H3,(H,20,21). The summed E-state index contributed by atoms with van der Waals surface area (Å²) in [6, 6.07) is 5.82. The van der Waals surface area contributed by atoms with Gasteiger partial charge in [0.25, 0.3) is 0 Å². The van der Waals surface area contributed by atoms with Crippen LogP contribution in [0.1, 0.15) is 38.2 Å². The van der Waals surface area contributed by atoms with E-state index in [0.717, 1.165) is 43.1 Å². The molecule has 0 aliphatic carbocycles. The molecule has 1 aliphatic heterocycles. The Morgan fingerprint density at radius 2 is 2.17 bits per heavy atom. The number of amides is 1. The van der Waals surface area contributed by atoms with Crippen molar-refractivity contribution in [2.75, 3.05) is 25.1 Å². The Hall–Kier alpha value is -1.59. The van der Waals surface area contributed by atoms with Gasteiger partial charge in [-0.1, -0.05) is 6.07 Å². The molecule has 2 rings (SSSR count). The lowest BCUT2D eigenvalue weighted by Gasteiger charge is -2.22. The minimum Gasteiger partial charge on any atom is -0.493 e. The van der Waals surface area contributed by atoms with Gasteiger partial charge in [0, 0.05) is 37.4 Å². The maximum absolute atomic E-state index is 11.9. The van der Waals surface area contributed by atoms with Gasteiger partial charge in [-0.2, -0.15) is 0 Å². The fourth-order valence-electron chi connectivity index (χ4n) is 2.54. The molecule has 1 aromatic rings. The number of nitrogens with one attached hydrogen (secondary N) is 1. The monoisotopic (exact) mass is 320 g/mol. The molecular formula is C18H28N2O3. The normalized spacial score (nSPS) is 16.8. The Bertz CT molecular complexity index is 511. The average Bonchev–Trinajstić information content (AvgIpc) is 2.54. The summed E-state index contributed by atoms with van der Waals surface area (Å²) < 4.78 is 11.3.